The van der Waals surface area contributed by atoms with Gasteiger partial charge in [-0.15, -0.1) is 0 Å². The van der Waals surface area contributed by atoms with E-state index in [1.54, 1.807) is 24.3 Å². The highest BCUT2D eigenvalue weighted by atomic mass is 35.5. The molecule has 0 aliphatic rings. The predicted octanol–water partition coefficient (Wildman–Crippen LogP) is 7.91. The number of aromatic hydroxyl groups is 1. The monoisotopic (exact) mass is 459 g/mol. The summed E-state index contributed by atoms with van der Waals surface area (Å²) < 4.78 is 45.0. The Hall–Kier alpha value is -2.41. The van der Waals surface area contributed by atoms with Crippen LogP contribution in [0.25, 0.3) is 0 Å². The van der Waals surface area contributed by atoms with Gasteiger partial charge >= 0.3 is 6.18 Å². The molecule has 0 amide bonds. The van der Waals surface area contributed by atoms with Crippen LogP contribution in [0.3, 0.4) is 0 Å². The molecule has 3 rings (SSSR count). The quantitative estimate of drug-likeness (QED) is 0.402. The van der Waals surface area contributed by atoms with Gasteiger partial charge in [-0.25, -0.2) is 0 Å². The lowest BCUT2D eigenvalue weighted by Crippen LogP contribution is -2.04. The zero-order chi connectivity index (χ0) is 21.2. The lowest BCUT2D eigenvalue weighted by atomic mass is 10.1. The molecule has 0 bridgehead atoms. The smallest absolute Gasteiger partial charge is 0.416 e. The average Bonchev–Trinajstić information content (AvgIpc) is 2.65. The molecule has 0 aliphatic heterocycles. The minimum atomic E-state index is -4.56. The van der Waals surface area contributed by atoms with Gasteiger partial charge in [-0.05, 0) is 54.6 Å². The Kier molecular flexibility index (Phi) is 6.27. The lowest BCUT2D eigenvalue weighted by Gasteiger charge is -2.12. The van der Waals surface area contributed by atoms with Gasteiger partial charge in [0.25, 0.3) is 0 Å². The normalized spacial score (nSPS) is 11.8. The van der Waals surface area contributed by atoms with Crippen LogP contribution in [0.1, 0.15) is 11.1 Å². The number of aliphatic imine (C=N–C) groups is 1. The van der Waals surface area contributed by atoms with Crippen LogP contribution in [-0.4, -0.2) is 11.3 Å². The minimum absolute atomic E-state index is 0.0133. The van der Waals surface area contributed by atoms with E-state index in [-0.39, 0.29) is 32.8 Å². The highest BCUT2D eigenvalue weighted by molar-refractivity contribution is 6.36. The van der Waals surface area contributed by atoms with E-state index >= 15 is 0 Å². The maximum Gasteiger partial charge on any atom is 0.416 e. The summed E-state index contributed by atoms with van der Waals surface area (Å²) in [4.78, 5) is 4.05. The number of nitrogens with zero attached hydrogens (tertiary/aromatic N) is 1. The fraction of sp³-hybridized carbons (Fsp3) is 0.0500. The molecule has 1 N–H and O–H groups in total. The van der Waals surface area contributed by atoms with Gasteiger partial charge in [0.05, 0.1) is 10.6 Å². The molecule has 3 nitrogen and oxygen atoms in total. The molecule has 0 aliphatic carbocycles. The highest BCUT2D eigenvalue weighted by Gasteiger charge is 2.31. The average molecular weight is 461 g/mol. The van der Waals surface area contributed by atoms with E-state index in [1.165, 1.54) is 12.1 Å². The summed E-state index contributed by atoms with van der Waals surface area (Å²) in [6.07, 6.45) is -3.41. The Balaban J connectivity index is 2.03. The number of hydrogen-bond donors (Lipinski definition) is 1. The number of hydrogen-bond acceptors (Lipinski definition) is 3. The lowest BCUT2D eigenvalue weighted by molar-refractivity contribution is -0.137. The van der Waals surface area contributed by atoms with Crippen LogP contribution < -0.4 is 4.74 Å². The third-order valence-corrected chi connectivity index (χ3v) is 4.49. The molecule has 0 fully saturated rings. The number of rotatable bonds is 4. The van der Waals surface area contributed by atoms with Gasteiger partial charge in [0, 0.05) is 21.8 Å². The zero-order valence-corrected chi connectivity index (χ0v) is 16.6. The molecule has 0 spiro atoms. The molecule has 0 radical (unpaired) electrons. The van der Waals surface area contributed by atoms with Crippen LogP contribution in [0.15, 0.2) is 59.6 Å². The first-order valence-corrected chi connectivity index (χ1v) is 9.13. The molecule has 29 heavy (non-hydrogen) atoms. The molecule has 0 saturated heterocycles. The molecule has 0 aromatic heterocycles. The molecule has 0 heterocycles. The number of phenols is 1. The van der Waals surface area contributed by atoms with Crippen molar-refractivity contribution < 1.29 is 23.0 Å². The van der Waals surface area contributed by atoms with E-state index in [1.807, 2.05) is 0 Å². The first-order chi connectivity index (χ1) is 13.6. The van der Waals surface area contributed by atoms with Gasteiger partial charge in [-0.1, -0.05) is 34.8 Å². The molecule has 3 aromatic rings. The molecule has 150 valence electrons. The van der Waals surface area contributed by atoms with E-state index in [2.05, 4.69) is 4.99 Å². The topological polar surface area (TPSA) is 41.8 Å². The van der Waals surface area contributed by atoms with E-state index in [0.717, 1.165) is 24.4 Å². The van der Waals surface area contributed by atoms with Crippen LogP contribution >= 0.6 is 34.8 Å². The molecular weight excluding hydrogens is 450 g/mol. The van der Waals surface area contributed by atoms with Crippen LogP contribution in [-0.2, 0) is 6.18 Å². The molecule has 9 heteroatoms. The van der Waals surface area contributed by atoms with Crippen molar-refractivity contribution >= 4 is 46.7 Å². The van der Waals surface area contributed by atoms with Crippen LogP contribution in [0.5, 0.6) is 17.2 Å². The van der Waals surface area contributed by atoms with Gasteiger partial charge in [0.2, 0.25) is 0 Å². The van der Waals surface area contributed by atoms with Gasteiger partial charge < -0.3 is 9.84 Å². The number of phenolic OH excluding ortho intramolecular Hbond substituents is 1. The largest absolute Gasteiger partial charge is 0.506 e. The SMILES string of the molecule is Oc1c(Cl)cc(Cl)cc1C=Nc1cc(C(F)(F)F)ccc1Oc1ccc(Cl)cc1. The molecule has 0 unspecified atom stereocenters. The highest BCUT2D eigenvalue weighted by Crippen LogP contribution is 2.39. The summed E-state index contributed by atoms with van der Waals surface area (Å²) in [7, 11) is 0. The third kappa shape index (κ3) is 5.35. The van der Waals surface area contributed by atoms with Crippen molar-refractivity contribution in [2.75, 3.05) is 0 Å². The Morgan fingerprint density at radius 2 is 1.59 bits per heavy atom. The fourth-order valence-corrected chi connectivity index (χ4v) is 2.97. The Morgan fingerprint density at radius 1 is 0.897 bits per heavy atom. The van der Waals surface area contributed by atoms with Gasteiger partial charge in [0.1, 0.15) is 17.2 Å². The van der Waals surface area contributed by atoms with Crippen molar-refractivity contribution in [1.82, 2.24) is 0 Å². The molecule has 0 saturated carbocycles. The van der Waals surface area contributed by atoms with Crippen LogP contribution in [0, 0.1) is 0 Å². The second kappa shape index (κ2) is 8.53. The van der Waals surface area contributed by atoms with Crippen molar-refractivity contribution in [3.8, 4) is 17.2 Å². The summed E-state index contributed by atoms with van der Waals surface area (Å²) in [5.41, 5.74) is -0.871. The van der Waals surface area contributed by atoms with Gasteiger partial charge in [0.15, 0.2) is 5.75 Å². The summed E-state index contributed by atoms with van der Waals surface area (Å²) in [6, 6.07) is 11.9. The van der Waals surface area contributed by atoms with Crippen LogP contribution in [0.2, 0.25) is 15.1 Å². The van der Waals surface area contributed by atoms with E-state index in [4.69, 9.17) is 39.5 Å². The van der Waals surface area contributed by atoms with Crippen molar-refractivity contribution in [1.29, 1.82) is 0 Å². The summed E-state index contributed by atoms with van der Waals surface area (Å²) in [5, 5.41) is 10.7. The first-order valence-electron chi connectivity index (χ1n) is 8.00. The second-order valence-corrected chi connectivity index (χ2v) is 7.10. The van der Waals surface area contributed by atoms with Crippen molar-refractivity contribution in [2.45, 2.75) is 6.18 Å². The minimum Gasteiger partial charge on any atom is -0.506 e. The van der Waals surface area contributed by atoms with E-state index in [9.17, 15) is 18.3 Å². The maximum atomic E-state index is 13.1. The molecule has 0 atom stereocenters. The summed E-state index contributed by atoms with van der Waals surface area (Å²) in [5.74, 6) is 0.135. The summed E-state index contributed by atoms with van der Waals surface area (Å²) >= 11 is 17.6. The summed E-state index contributed by atoms with van der Waals surface area (Å²) in [6.45, 7) is 0. The number of alkyl halides is 3. The Bertz CT molecular complexity index is 1070. The Morgan fingerprint density at radius 3 is 2.24 bits per heavy atom. The zero-order valence-electron chi connectivity index (χ0n) is 14.3. The first kappa shape index (κ1) is 21.3. The number of benzene rings is 3. The fourth-order valence-electron chi connectivity index (χ4n) is 2.33. The van der Waals surface area contributed by atoms with Crippen molar-refractivity contribution in [3.05, 3.63) is 80.8 Å². The second-order valence-electron chi connectivity index (χ2n) is 5.82. The van der Waals surface area contributed by atoms with Crippen molar-refractivity contribution in [2.24, 2.45) is 4.99 Å². The number of halogens is 6. The maximum absolute atomic E-state index is 13.1. The van der Waals surface area contributed by atoms with Gasteiger partial charge in [-0.2, -0.15) is 13.2 Å². The van der Waals surface area contributed by atoms with E-state index < -0.39 is 11.7 Å². The van der Waals surface area contributed by atoms with Crippen molar-refractivity contribution in [3.63, 3.8) is 0 Å². The standard InChI is InChI=1S/C20H11Cl3F3NO2/c21-13-2-4-15(5-3-13)29-18-6-1-12(20(24,25)26)8-17(18)27-10-11-7-14(22)9-16(23)19(11)28/h1-10,28H. The Labute approximate surface area is 178 Å². The van der Waals surface area contributed by atoms with Gasteiger partial charge in [-0.3, -0.25) is 4.99 Å². The third-order valence-electron chi connectivity index (χ3n) is 3.73. The predicted molar refractivity (Wildman–Crippen MR) is 108 cm³/mol. The molecule has 3 aromatic carbocycles. The molecular formula is C20H11Cl3F3NO2. The number of ether oxygens (including phenoxy) is 1. The van der Waals surface area contributed by atoms with Crippen LogP contribution in [0.4, 0.5) is 18.9 Å². The van der Waals surface area contributed by atoms with E-state index in [0.29, 0.717) is 10.8 Å².